The minimum atomic E-state index is -0.880. The van der Waals surface area contributed by atoms with Gasteiger partial charge in [-0.15, -0.1) is 0 Å². The minimum Gasteiger partial charge on any atom is -0.508 e. The fourth-order valence-corrected chi connectivity index (χ4v) is 6.53. The quantitative estimate of drug-likeness (QED) is 0.610. The normalized spacial score (nSPS) is 39.3. The van der Waals surface area contributed by atoms with E-state index in [1.54, 1.807) is 6.07 Å². The van der Waals surface area contributed by atoms with Crippen LogP contribution in [0.4, 0.5) is 0 Å². The van der Waals surface area contributed by atoms with E-state index in [0.29, 0.717) is 18.8 Å². The molecule has 160 valence electrons. The average molecular weight is 401 g/mol. The fourth-order valence-electron chi connectivity index (χ4n) is 6.53. The number of benzene rings is 1. The van der Waals surface area contributed by atoms with Crippen LogP contribution in [0.1, 0.15) is 57.1 Å². The smallest absolute Gasteiger partial charge is 0.115 e. The van der Waals surface area contributed by atoms with Crippen molar-refractivity contribution in [1.82, 2.24) is 10.2 Å². The number of hydrogen-bond acceptors (Lipinski definition) is 5. The molecule has 4 N–H and O–H groups in total. The minimum absolute atomic E-state index is 0.0854. The maximum absolute atomic E-state index is 12.4. The standard InChI is InChI=1S/C24H36N2O3/c1-15(2)13-25-20-11-24(29)22-9-17-5-6-18(27)10-19(17)23(24,12-21(20)28)7-8-26(22)14-16-3-4-16/h5-6,10,15-16,20-22,25,27-29H,3-4,7-9,11-14H2,1-2H3/t20-,21+,22-,23-,24-/m1/s1. The summed E-state index contributed by atoms with van der Waals surface area (Å²) in [4.78, 5) is 2.54. The molecule has 0 aromatic heterocycles. The number of hydrogen-bond donors (Lipinski definition) is 4. The summed E-state index contributed by atoms with van der Waals surface area (Å²) < 4.78 is 0. The molecule has 5 heteroatoms. The van der Waals surface area contributed by atoms with E-state index < -0.39 is 17.1 Å². The lowest BCUT2D eigenvalue weighted by molar-refractivity contribution is -0.190. The van der Waals surface area contributed by atoms with Gasteiger partial charge in [-0.1, -0.05) is 19.9 Å². The van der Waals surface area contributed by atoms with Crippen molar-refractivity contribution in [2.75, 3.05) is 19.6 Å². The highest BCUT2D eigenvalue weighted by Crippen LogP contribution is 2.58. The second kappa shape index (κ2) is 6.94. The van der Waals surface area contributed by atoms with Crippen LogP contribution in [0.3, 0.4) is 0 Å². The Hall–Kier alpha value is -1.14. The Labute approximate surface area is 174 Å². The molecule has 1 heterocycles. The zero-order valence-corrected chi connectivity index (χ0v) is 17.8. The molecule has 2 saturated carbocycles. The van der Waals surface area contributed by atoms with Gasteiger partial charge in [-0.25, -0.2) is 0 Å². The van der Waals surface area contributed by atoms with E-state index in [4.69, 9.17) is 0 Å². The number of piperidine rings is 1. The highest BCUT2D eigenvalue weighted by molar-refractivity contribution is 5.48. The second-order valence-corrected chi connectivity index (χ2v) is 10.6. The van der Waals surface area contributed by atoms with Crippen molar-refractivity contribution in [3.8, 4) is 5.75 Å². The summed E-state index contributed by atoms with van der Waals surface area (Å²) >= 11 is 0. The number of aromatic hydroxyl groups is 1. The zero-order valence-electron chi connectivity index (χ0n) is 17.8. The molecule has 4 aliphatic rings. The average Bonchev–Trinajstić information content (AvgIpc) is 3.47. The van der Waals surface area contributed by atoms with Gasteiger partial charge in [0.15, 0.2) is 0 Å². The number of phenolic OH excluding ortho intramolecular Hbond substituents is 1. The van der Waals surface area contributed by atoms with Crippen LogP contribution in [-0.4, -0.2) is 63.6 Å². The third kappa shape index (κ3) is 3.13. The van der Waals surface area contributed by atoms with E-state index in [2.05, 4.69) is 24.1 Å². The molecule has 3 fully saturated rings. The Balaban J connectivity index is 1.55. The van der Waals surface area contributed by atoms with Crippen LogP contribution in [0.5, 0.6) is 5.75 Å². The van der Waals surface area contributed by atoms with Crippen molar-refractivity contribution in [3.63, 3.8) is 0 Å². The van der Waals surface area contributed by atoms with Gasteiger partial charge in [-0.3, -0.25) is 4.90 Å². The molecule has 3 aliphatic carbocycles. The predicted molar refractivity (Wildman–Crippen MR) is 113 cm³/mol. The second-order valence-electron chi connectivity index (χ2n) is 10.6. The van der Waals surface area contributed by atoms with Crippen LogP contribution in [0.15, 0.2) is 18.2 Å². The molecule has 1 aromatic rings. The van der Waals surface area contributed by atoms with E-state index in [-0.39, 0.29) is 17.8 Å². The van der Waals surface area contributed by atoms with Crippen molar-refractivity contribution >= 4 is 0 Å². The van der Waals surface area contributed by atoms with Crippen molar-refractivity contribution in [2.24, 2.45) is 11.8 Å². The third-order valence-corrected chi connectivity index (χ3v) is 8.20. The van der Waals surface area contributed by atoms with E-state index in [0.717, 1.165) is 44.0 Å². The van der Waals surface area contributed by atoms with E-state index >= 15 is 0 Å². The van der Waals surface area contributed by atoms with E-state index in [9.17, 15) is 15.3 Å². The van der Waals surface area contributed by atoms with Crippen molar-refractivity contribution < 1.29 is 15.3 Å². The van der Waals surface area contributed by atoms with Gasteiger partial charge < -0.3 is 20.6 Å². The van der Waals surface area contributed by atoms with E-state index in [1.807, 2.05) is 12.1 Å². The number of nitrogens with zero attached hydrogens (tertiary/aromatic N) is 1. The van der Waals surface area contributed by atoms with Gasteiger partial charge in [-0.2, -0.15) is 0 Å². The zero-order chi connectivity index (χ0) is 20.4. The number of nitrogens with one attached hydrogen (secondary N) is 1. The van der Waals surface area contributed by atoms with Gasteiger partial charge >= 0.3 is 0 Å². The predicted octanol–water partition coefficient (Wildman–Crippen LogP) is 2.17. The largest absolute Gasteiger partial charge is 0.508 e. The van der Waals surface area contributed by atoms with Gasteiger partial charge in [0.25, 0.3) is 0 Å². The van der Waals surface area contributed by atoms with Gasteiger partial charge in [0, 0.05) is 24.0 Å². The van der Waals surface area contributed by atoms with Crippen LogP contribution in [0.2, 0.25) is 0 Å². The molecular weight excluding hydrogens is 364 g/mol. The lowest BCUT2D eigenvalue weighted by Gasteiger charge is -2.65. The maximum Gasteiger partial charge on any atom is 0.115 e. The van der Waals surface area contributed by atoms with Crippen molar-refractivity contribution in [2.45, 2.75) is 81.6 Å². The molecule has 0 spiro atoms. The lowest BCUT2D eigenvalue weighted by atomic mass is 9.48. The summed E-state index contributed by atoms with van der Waals surface area (Å²) in [6.07, 6.45) is 4.94. The molecular formula is C24H36N2O3. The Morgan fingerprint density at radius 1 is 1.24 bits per heavy atom. The van der Waals surface area contributed by atoms with Crippen LogP contribution in [0.25, 0.3) is 0 Å². The first kappa shape index (κ1) is 19.8. The monoisotopic (exact) mass is 400 g/mol. The molecule has 0 amide bonds. The van der Waals surface area contributed by atoms with Crippen molar-refractivity contribution in [1.29, 1.82) is 0 Å². The number of rotatable bonds is 5. The van der Waals surface area contributed by atoms with Gasteiger partial charge in [0.05, 0.1) is 11.7 Å². The number of aliphatic hydroxyl groups excluding tert-OH is 1. The van der Waals surface area contributed by atoms with Gasteiger partial charge in [0.1, 0.15) is 5.75 Å². The van der Waals surface area contributed by atoms with Crippen LogP contribution < -0.4 is 5.32 Å². The molecule has 1 aromatic carbocycles. The number of fused-ring (bicyclic) bond motifs is 1. The first-order valence-corrected chi connectivity index (χ1v) is 11.5. The number of aliphatic hydroxyl groups is 2. The molecule has 0 radical (unpaired) electrons. The van der Waals surface area contributed by atoms with Crippen molar-refractivity contribution in [3.05, 3.63) is 29.3 Å². The Morgan fingerprint density at radius 3 is 2.76 bits per heavy atom. The van der Waals surface area contributed by atoms with Gasteiger partial charge in [-0.05, 0) is 86.7 Å². The summed E-state index contributed by atoms with van der Waals surface area (Å²) in [5.41, 5.74) is 0.955. The highest BCUT2D eigenvalue weighted by atomic mass is 16.3. The lowest BCUT2D eigenvalue weighted by Crippen LogP contribution is -2.76. The maximum atomic E-state index is 12.4. The Bertz CT molecular complexity index is 779. The molecule has 5 nitrogen and oxygen atoms in total. The fraction of sp³-hybridized carbons (Fsp3) is 0.750. The first-order valence-electron chi connectivity index (χ1n) is 11.5. The van der Waals surface area contributed by atoms with E-state index in [1.165, 1.54) is 18.4 Å². The highest BCUT2D eigenvalue weighted by Gasteiger charge is 2.66. The summed E-state index contributed by atoms with van der Waals surface area (Å²) in [6, 6.07) is 5.67. The topological polar surface area (TPSA) is 76.0 Å². The summed E-state index contributed by atoms with van der Waals surface area (Å²) in [5, 5.41) is 37.3. The van der Waals surface area contributed by atoms with Crippen LogP contribution in [-0.2, 0) is 11.8 Å². The van der Waals surface area contributed by atoms with Gasteiger partial charge in [0.2, 0.25) is 0 Å². The molecule has 1 saturated heterocycles. The SMILES string of the molecule is CC(C)CN[C@@H]1C[C@@]2(O)[C@H]3Cc4ccc(O)cc4[C@@]2(CCN3CC2CC2)C[C@@H]1O. The Kier molecular flexibility index (Phi) is 4.74. The summed E-state index contributed by atoms with van der Waals surface area (Å²) in [6.45, 7) is 7.24. The third-order valence-electron chi connectivity index (χ3n) is 8.20. The molecule has 5 rings (SSSR count). The number of phenols is 1. The molecule has 5 atom stereocenters. The molecule has 2 bridgehead atoms. The molecule has 1 aliphatic heterocycles. The summed E-state index contributed by atoms with van der Waals surface area (Å²) in [7, 11) is 0. The molecule has 0 unspecified atom stereocenters. The summed E-state index contributed by atoms with van der Waals surface area (Å²) in [5.74, 6) is 1.55. The molecule has 29 heavy (non-hydrogen) atoms. The first-order chi connectivity index (χ1) is 13.8. The van der Waals surface area contributed by atoms with Crippen LogP contribution in [0, 0.1) is 11.8 Å². The Morgan fingerprint density at radius 2 is 2.03 bits per heavy atom. The number of likely N-dealkylation sites (tertiary alicyclic amines) is 1. The van der Waals surface area contributed by atoms with Crippen LogP contribution >= 0.6 is 0 Å².